The number of nitrogens with zero attached hydrogens (tertiary/aromatic N) is 2. The van der Waals surface area contributed by atoms with E-state index in [1.807, 2.05) is 0 Å². The number of halogens is 1. The highest BCUT2D eigenvalue weighted by molar-refractivity contribution is 7.92. The zero-order chi connectivity index (χ0) is 28.6. The van der Waals surface area contributed by atoms with Gasteiger partial charge in [-0.05, 0) is 55.8 Å². The second-order valence-electron chi connectivity index (χ2n) is 8.59. The van der Waals surface area contributed by atoms with Crippen LogP contribution < -0.4 is 19.1 Å². The molecule has 0 saturated heterocycles. The number of hydrogen-bond acceptors (Lipinski definition) is 6. The van der Waals surface area contributed by atoms with Gasteiger partial charge < -0.3 is 19.7 Å². The van der Waals surface area contributed by atoms with Crippen LogP contribution in [0.2, 0.25) is 5.02 Å². The predicted molar refractivity (Wildman–Crippen MR) is 151 cm³/mol. The highest BCUT2D eigenvalue weighted by Crippen LogP contribution is 2.34. The first kappa shape index (κ1) is 29.8. The van der Waals surface area contributed by atoms with Crippen LogP contribution in [0, 0.1) is 0 Å². The molecule has 3 rings (SSSR count). The van der Waals surface area contributed by atoms with Gasteiger partial charge in [-0.1, -0.05) is 41.9 Å². The van der Waals surface area contributed by atoms with Crippen molar-refractivity contribution >= 4 is 39.1 Å². The maximum atomic E-state index is 13.9. The number of methoxy groups -OCH3 is 2. The summed E-state index contributed by atoms with van der Waals surface area (Å²) in [4.78, 5) is 28.0. The average Bonchev–Trinajstić information content (AvgIpc) is 2.94. The molecule has 1 atom stereocenters. The Kier molecular flexibility index (Phi) is 10.2. The highest BCUT2D eigenvalue weighted by atomic mass is 35.5. The minimum Gasteiger partial charge on any atom is -0.493 e. The Bertz CT molecular complexity index is 1400. The van der Waals surface area contributed by atoms with Gasteiger partial charge in [0.05, 0.1) is 24.8 Å². The van der Waals surface area contributed by atoms with Gasteiger partial charge in [0.25, 0.3) is 10.0 Å². The molecule has 0 saturated carbocycles. The molecule has 0 spiro atoms. The van der Waals surface area contributed by atoms with Gasteiger partial charge in [-0.2, -0.15) is 0 Å². The van der Waals surface area contributed by atoms with E-state index in [1.165, 1.54) is 43.4 Å². The predicted octanol–water partition coefficient (Wildman–Crippen LogP) is 4.11. The molecule has 0 unspecified atom stereocenters. The van der Waals surface area contributed by atoms with Crippen molar-refractivity contribution in [2.45, 2.75) is 31.3 Å². The van der Waals surface area contributed by atoms with E-state index < -0.39 is 28.5 Å². The number of carbonyl (C=O) groups excluding carboxylic acids is 2. The molecule has 39 heavy (non-hydrogen) atoms. The Labute approximate surface area is 234 Å². The van der Waals surface area contributed by atoms with E-state index in [9.17, 15) is 18.0 Å². The first-order chi connectivity index (χ1) is 18.6. The van der Waals surface area contributed by atoms with Crippen molar-refractivity contribution in [2.24, 2.45) is 0 Å². The number of likely N-dealkylation sites (N-methyl/N-ethyl adjacent to an activating group) is 1. The van der Waals surface area contributed by atoms with Crippen LogP contribution in [0.5, 0.6) is 11.5 Å². The number of amides is 2. The Morgan fingerprint density at radius 2 is 1.64 bits per heavy atom. The minimum atomic E-state index is -4.20. The highest BCUT2D eigenvalue weighted by Gasteiger charge is 2.32. The van der Waals surface area contributed by atoms with E-state index in [0.717, 1.165) is 4.31 Å². The molecule has 0 fully saturated rings. The summed E-state index contributed by atoms with van der Waals surface area (Å²) in [6.07, 6.45) is 0. The third-order valence-corrected chi connectivity index (χ3v) is 8.05. The molecule has 2 amide bonds. The summed E-state index contributed by atoms with van der Waals surface area (Å²) >= 11 is 6.15. The molecule has 3 aromatic rings. The number of nitrogens with one attached hydrogen (secondary N) is 1. The van der Waals surface area contributed by atoms with Crippen LogP contribution >= 0.6 is 11.6 Å². The van der Waals surface area contributed by atoms with Gasteiger partial charge in [0.2, 0.25) is 11.8 Å². The van der Waals surface area contributed by atoms with Crippen molar-refractivity contribution in [3.63, 3.8) is 0 Å². The van der Waals surface area contributed by atoms with Crippen LogP contribution in [0.15, 0.2) is 77.7 Å². The van der Waals surface area contributed by atoms with Gasteiger partial charge in [0.15, 0.2) is 11.5 Å². The summed E-state index contributed by atoms with van der Waals surface area (Å²) in [6.45, 7) is 3.22. The smallest absolute Gasteiger partial charge is 0.264 e. The van der Waals surface area contributed by atoms with Crippen LogP contribution in [-0.2, 0) is 26.2 Å². The maximum absolute atomic E-state index is 13.9. The lowest BCUT2D eigenvalue weighted by molar-refractivity contribution is -0.139. The summed E-state index contributed by atoms with van der Waals surface area (Å²) in [5, 5.41) is 3.20. The minimum absolute atomic E-state index is 0.00532. The molecule has 0 aliphatic carbocycles. The largest absolute Gasteiger partial charge is 0.493 e. The summed E-state index contributed by atoms with van der Waals surface area (Å²) in [7, 11) is -1.29. The molecule has 9 nitrogen and oxygen atoms in total. The lowest BCUT2D eigenvalue weighted by Gasteiger charge is -2.32. The number of sulfonamides is 1. The Morgan fingerprint density at radius 1 is 0.949 bits per heavy atom. The molecule has 0 aliphatic heterocycles. The molecule has 0 bridgehead atoms. The van der Waals surface area contributed by atoms with Gasteiger partial charge >= 0.3 is 0 Å². The fourth-order valence-electron chi connectivity index (χ4n) is 3.97. The summed E-state index contributed by atoms with van der Waals surface area (Å²) in [5.74, 6) is -0.251. The SMILES string of the molecule is CCNC(=O)[C@@H](C)N(Cc1cccc(Cl)c1)C(=O)CN(c1ccc(OC)c(OC)c1)S(=O)(=O)c1ccccc1. The zero-order valence-electron chi connectivity index (χ0n) is 22.3. The van der Waals surface area contributed by atoms with Gasteiger partial charge in [0, 0.05) is 24.2 Å². The molecule has 11 heteroatoms. The summed E-state index contributed by atoms with van der Waals surface area (Å²) < 4.78 is 39.4. The van der Waals surface area contributed by atoms with E-state index >= 15 is 0 Å². The van der Waals surface area contributed by atoms with Crippen molar-refractivity contribution in [3.05, 3.63) is 83.4 Å². The maximum Gasteiger partial charge on any atom is 0.264 e. The normalized spacial score (nSPS) is 11.8. The Balaban J connectivity index is 2.08. The first-order valence-electron chi connectivity index (χ1n) is 12.2. The van der Waals surface area contributed by atoms with Crippen LogP contribution in [0.3, 0.4) is 0 Å². The molecule has 0 heterocycles. The lowest BCUT2D eigenvalue weighted by atomic mass is 10.1. The van der Waals surface area contributed by atoms with Crippen molar-refractivity contribution in [2.75, 3.05) is 31.6 Å². The number of ether oxygens (including phenoxy) is 2. The molecule has 0 aromatic heterocycles. The van der Waals surface area contributed by atoms with Crippen LogP contribution in [0.4, 0.5) is 5.69 Å². The molecular formula is C28H32ClN3O6S. The van der Waals surface area contributed by atoms with Gasteiger partial charge in [0.1, 0.15) is 12.6 Å². The number of anilines is 1. The third-order valence-electron chi connectivity index (χ3n) is 6.03. The molecule has 0 radical (unpaired) electrons. The number of hydrogen-bond donors (Lipinski definition) is 1. The van der Waals surface area contributed by atoms with E-state index in [4.69, 9.17) is 21.1 Å². The quantitative estimate of drug-likeness (QED) is 0.350. The van der Waals surface area contributed by atoms with Crippen molar-refractivity contribution < 1.29 is 27.5 Å². The van der Waals surface area contributed by atoms with Crippen molar-refractivity contribution in [3.8, 4) is 11.5 Å². The molecular weight excluding hydrogens is 542 g/mol. The van der Waals surface area contributed by atoms with E-state index in [-0.39, 0.29) is 23.0 Å². The van der Waals surface area contributed by atoms with Crippen molar-refractivity contribution in [1.29, 1.82) is 0 Å². The molecule has 3 aromatic carbocycles. The first-order valence-corrected chi connectivity index (χ1v) is 14.1. The zero-order valence-corrected chi connectivity index (χ0v) is 23.8. The van der Waals surface area contributed by atoms with Crippen molar-refractivity contribution in [1.82, 2.24) is 10.2 Å². The van der Waals surface area contributed by atoms with E-state index in [2.05, 4.69) is 5.32 Å². The molecule has 0 aliphatic rings. The molecule has 1 N–H and O–H groups in total. The topological polar surface area (TPSA) is 105 Å². The Hall–Kier alpha value is -3.76. The second-order valence-corrected chi connectivity index (χ2v) is 10.9. The van der Waals surface area contributed by atoms with Crippen LogP contribution in [-0.4, -0.2) is 58.5 Å². The van der Waals surface area contributed by atoms with E-state index in [1.54, 1.807) is 62.4 Å². The van der Waals surface area contributed by atoms with Gasteiger partial charge in [-0.3, -0.25) is 13.9 Å². The van der Waals surface area contributed by atoms with E-state index in [0.29, 0.717) is 28.6 Å². The Morgan fingerprint density at radius 3 is 2.26 bits per heavy atom. The molecule has 208 valence electrons. The monoisotopic (exact) mass is 573 g/mol. The number of benzene rings is 3. The fraction of sp³-hybridized carbons (Fsp3) is 0.286. The van der Waals surface area contributed by atoms with Gasteiger partial charge in [-0.25, -0.2) is 8.42 Å². The number of rotatable bonds is 12. The average molecular weight is 574 g/mol. The third kappa shape index (κ3) is 7.21. The van der Waals surface area contributed by atoms with Crippen LogP contribution in [0.1, 0.15) is 19.4 Å². The van der Waals surface area contributed by atoms with Gasteiger partial charge in [-0.15, -0.1) is 0 Å². The summed E-state index contributed by atoms with van der Waals surface area (Å²) in [5.41, 5.74) is 0.883. The summed E-state index contributed by atoms with van der Waals surface area (Å²) in [6, 6.07) is 18.4. The fourth-order valence-corrected chi connectivity index (χ4v) is 5.60. The second kappa shape index (κ2) is 13.3. The standard InChI is InChI=1S/C28H32ClN3O6S/c1-5-30-28(34)20(2)31(18-21-10-9-11-22(29)16-21)27(33)19-32(39(35,36)24-12-7-6-8-13-24)23-14-15-25(37-3)26(17-23)38-4/h6-17,20H,5,18-19H2,1-4H3,(H,30,34)/t20-/m1/s1. The number of carbonyl (C=O) groups is 2. The van der Waals surface area contributed by atoms with Crippen LogP contribution in [0.25, 0.3) is 0 Å². The lowest BCUT2D eigenvalue weighted by Crippen LogP contribution is -2.51.